The number of phenols is 1. The number of ether oxygens (including phenoxy) is 1. The molecule has 68 valence electrons. The summed E-state index contributed by atoms with van der Waals surface area (Å²) in [6.45, 7) is 0.431. The summed E-state index contributed by atoms with van der Waals surface area (Å²) in [4.78, 5) is 3.08. The van der Waals surface area contributed by atoms with Gasteiger partial charge in [0.2, 0.25) is 0 Å². The van der Waals surface area contributed by atoms with Crippen molar-refractivity contribution in [1.82, 2.24) is 4.98 Å². The number of hydrogen-bond acceptors (Lipinski definition) is 2. The summed E-state index contributed by atoms with van der Waals surface area (Å²) in [5.74, 6) is 0.286. The van der Waals surface area contributed by atoms with E-state index in [9.17, 15) is 5.11 Å². The Morgan fingerprint density at radius 3 is 3.08 bits per heavy atom. The van der Waals surface area contributed by atoms with Crippen LogP contribution in [0.5, 0.6) is 5.75 Å². The summed E-state index contributed by atoms with van der Waals surface area (Å²) in [7, 11) is 1.61. The molecule has 1 aromatic carbocycles. The second-order valence-corrected chi connectivity index (χ2v) is 2.98. The Balaban J connectivity index is 2.56. The topological polar surface area (TPSA) is 45.2 Å². The van der Waals surface area contributed by atoms with E-state index in [0.717, 1.165) is 16.5 Å². The maximum absolute atomic E-state index is 9.56. The molecule has 0 aliphatic heterocycles. The van der Waals surface area contributed by atoms with Gasteiger partial charge < -0.3 is 14.8 Å². The van der Waals surface area contributed by atoms with Crippen LogP contribution in [0.3, 0.4) is 0 Å². The van der Waals surface area contributed by atoms with Crippen LogP contribution in [0.1, 0.15) is 5.56 Å². The lowest BCUT2D eigenvalue weighted by Crippen LogP contribution is -1.87. The summed E-state index contributed by atoms with van der Waals surface area (Å²) in [5, 5.41) is 10.6. The van der Waals surface area contributed by atoms with Gasteiger partial charge in [0, 0.05) is 29.8 Å². The zero-order valence-electron chi connectivity index (χ0n) is 7.37. The van der Waals surface area contributed by atoms with E-state index in [2.05, 4.69) is 4.98 Å². The van der Waals surface area contributed by atoms with Gasteiger partial charge in [0.15, 0.2) is 0 Å². The fraction of sp³-hybridized carbons (Fsp3) is 0.200. The molecule has 0 saturated heterocycles. The summed E-state index contributed by atoms with van der Waals surface area (Å²) in [6.07, 6.45) is 1.85. The van der Waals surface area contributed by atoms with Crippen LogP contribution in [0.15, 0.2) is 24.4 Å². The van der Waals surface area contributed by atoms with Gasteiger partial charge in [0.25, 0.3) is 0 Å². The van der Waals surface area contributed by atoms with Crippen molar-refractivity contribution in [3.8, 4) is 5.75 Å². The average Bonchev–Trinajstić information content (AvgIpc) is 2.52. The number of aromatic nitrogens is 1. The molecule has 0 saturated carbocycles. The van der Waals surface area contributed by atoms with Gasteiger partial charge in [0.1, 0.15) is 5.75 Å². The van der Waals surface area contributed by atoms with Crippen LogP contribution < -0.4 is 0 Å². The van der Waals surface area contributed by atoms with Crippen molar-refractivity contribution in [1.29, 1.82) is 0 Å². The van der Waals surface area contributed by atoms with Crippen LogP contribution >= 0.6 is 0 Å². The maximum atomic E-state index is 9.56. The molecule has 0 bridgehead atoms. The minimum Gasteiger partial charge on any atom is -0.508 e. The number of fused-ring (bicyclic) bond motifs is 1. The molecule has 0 aliphatic rings. The van der Waals surface area contributed by atoms with Gasteiger partial charge in [-0.2, -0.15) is 0 Å². The number of nitrogens with one attached hydrogen (secondary N) is 1. The SMILES string of the molecule is COCc1cc2[nH]ccc2cc1O. The zero-order valence-corrected chi connectivity index (χ0v) is 7.37. The highest BCUT2D eigenvalue weighted by atomic mass is 16.5. The molecule has 2 N–H and O–H groups in total. The number of benzene rings is 1. The van der Waals surface area contributed by atoms with Gasteiger partial charge in [-0.05, 0) is 18.2 Å². The number of aromatic hydroxyl groups is 1. The van der Waals surface area contributed by atoms with Crippen LogP contribution in [-0.4, -0.2) is 17.2 Å². The van der Waals surface area contributed by atoms with Crippen molar-refractivity contribution in [2.75, 3.05) is 7.11 Å². The minimum absolute atomic E-state index is 0.286. The average molecular weight is 177 g/mol. The molecule has 0 spiro atoms. The van der Waals surface area contributed by atoms with E-state index >= 15 is 0 Å². The van der Waals surface area contributed by atoms with E-state index in [1.165, 1.54) is 0 Å². The molecule has 0 unspecified atom stereocenters. The molecule has 1 aromatic heterocycles. The molecule has 13 heavy (non-hydrogen) atoms. The largest absolute Gasteiger partial charge is 0.508 e. The predicted octanol–water partition coefficient (Wildman–Crippen LogP) is 2.02. The van der Waals surface area contributed by atoms with Crippen molar-refractivity contribution in [2.24, 2.45) is 0 Å². The van der Waals surface area contributed by atoms with Crippen molar-refractivity contribution in [3.05, 3.63) is 30.0 Å². The molecule has 0 radical (unpaired) electrons. The minimum atomic E-state index is 0.286. The Morgan fingerprint density at radius 1 is 1.46 bits per heavy atom. The number of rotatable bonds is 2. The Morgan fingerprint density at radius 2 is 2.31 bits per heavy atom. The Hall–Kier alpha value is -1.48. The van der Waals surface area contributed by atoms with Gasteiger partial charge in [-0.25, -0.2) is 0 Å². The third kappa shape index (κ3) is 1.38. The first-order valence-corrected chi connectivity index (χ1v) is 4.09. The summed E-state index contributed by atoms with van der Waals surface area (Å²) in [6, 6.07) is 5.56. The smallest absolute Gasteiger partial charge is 0.121 e. The highest BCUT2D eigenvalue weighted by Crippen LogP contribution is 2.24. The quantitative estimate of drug-likeness (QED) is 0.737. The van der Waals surface area contributed by atoms with E-state index < -0.39 is 0 Å². The Kier molecular flexibility index (Phi) is 1.94. The fourth-order valence-corrected chi connectivity index (χ4v) is 1.40. The van der Waals surface area contributed by atoms with Crippen LogP contribution in [0.2, 0.25) is 0 Å². The normalized spacial score (nSPS) is 10.8. The predicted molar refractivity (Wildman–Crippen MR) is 50.7 cm³/mol. The molecule has 0 fully saturated rings. The van der Waals surface area contributed by atoms with Gasteiger partial charge in [-0.1, -0.05) is 0 Å². The number of aromatic amines is 1. The number of phenolic OH excluding ortho intramolecular Hbond substituents is 1. The van der Waals surface area contributed by atoms with Gasteiger partial charge in [-0.3, -0.25) is 0 Å². The first-order chi connectivity index (χ1) is 6.31. The highest BCUT2D eigenvalue weighted by Gasteiger charge is 2.03. The Bertz CT molecular complexity index is 420. The third-order valence-corrected chi connectivity index (χ3v) is 2.05. The van der Waals surface area contributed by atoms with Crippen LogP contribution in [0, 0.1) is 0 Å². The standard InChI is InChI=1S/C10H11NO2/c1-13-6-8-4-9-7(2-3-11-9)5-10(8)12/h2-5,11-12H,6H2,1H3. The highest BCUT2D eigenvalue weighted by molar-refractivity contribution is 5.81. The molecule has 0 atom stereocenters. The van der Waals surface area contributed by atoms with E-state index in [1.54, 1.807) is 13.2 Å². The molecule has 2 rings (SSSR count). The van der Waals surface area contributed by atoms with Crippen molar-refractivity contribution >= 4 is 10.9 Å². The number of methoxy groups -OCH3 is 1. The number of H-pyrrole nitrogens is 1. The van der Waals surface area contributed by atoms with E-state index in [4.69, 9.17) is 4.74 Å². The maximum Gasteiger partial charge on any atom is 0.121 e. The summed E-state index contributed by atoms with van der Waals surface area (Å²) in [5.41, 5.74) is 1.82. The van der Waals surface area contributed by atoms with Crippen LogP contribution in [-0.2, 0) is 11.3 Å². The first-order valence-electron chi connectivity index (χ1n) is 4.09. The third-order valence-electron chi connectivity index (χ3n) is 2.05. The van der Waals surface area contributed by atoms with Crippen LogP contribution in [0.25, 0.3) is 10.9 Å². The van der Waals surface area contributed by atoms with Gasteiger partial charge >= 0.3 is 0 Å². The number of hydrogen-bond donors (Lipinski definition) is 2. The van der Waals surface area contributed by atoms with Crippen molar-refractivity contribution < 1.29 is 9.84 Å². The second kappa shape index (κ2) is 3.11. The van der Waals surface area contributed by atoms with E-state index in [-0.39, 0.29) is 5.75 Å². The summed E-state index contributed by atoms with van der Waals surface area (Å²) >= 11 is 0. The van der Waals surface area contributed by atoms with E-state index in [1.807, 2.05) is 18.3 Å². The lowest BCUT2D eigenvalue weighted by molar-refractivity contribution is 0.182. The van der Waals surface area contributed by atoms with Gasteiger partial charge in [-0.15, -0.1) is 0 Å². The Labute approximate surface area is 76.0 Å². The zero-order chi connectivity index (χ0) is 9.26. The van der Waals surface area contributed by atoms with Gasteiger partial charge in [0.05, 0.1) is 6.61 Å². The molecular formula is C10H11NO2. The first kappa shape index (κ1) is 8.13. The fourth-order valence-electron chi connectivity index (χ4n) is 1.40. The summed E-state index contributed by atoms with van der Waals surface area (Å²) < 4.78 is 4.96. The van der Waals surface area contributed by atoms with Crippen LogP contribution in [0.4, 0.5) is 0 Å². The van der Waals surface area contributed by atoms with Crippen molar-refractivity contribution in [3.63, 3.8) is 0 Å². The second-order valence-electron chi connectivity index (χ2n) is 2.98. The molecule has 3 heteroatoms. The monoisotopic (exact) mass is 177 g/mol. The molecule has 0 amide bonds. The lowest BCUT2D eigenvalue weighted by Gasteiger charge is -2.03. The molecule has 1 heterocycles. The molecule has 0 aliphatic carbocycles. The molecule has 2 aromatic rings. The van der Waals surface area contributed by atoms with Crippen molar-refractivity contribution in [2.45, 2.75) is 6.61 Å². The lowest BCUT2D eigenvalue weighted by atomic mass is 10.1. The molecular weight excluding hydrogens is 166 g/mol. The van der Waals surface area contributed by atoms with E-state index in [0.29, 0.717) is 6.61 Å². The molecule has 3 nitrogen and oxygen atoms in total.